The van der Waals surface area contributed by atoms with Crippen molar-refractivity contribution in [2.75, 3.05) is 76.0 Å². The summed E-state index contributed by atoms with van der Waals surface area (Å²) in [6, 6.07) is 17.8. The van der Waals surface area contributed by atoms with Gasteiger partial charge < -0.3 is 68.8 Å². The summed E-state index contributed by atoms with van der Waals surface area (Å²) in [5, 5.41) is 5.33. The van der Waals surface area contributed by atoms with E-state index in [1.807, 2.05) is 18.2 Å². The molecule has 0 fully saturated rings. The quantitative estimate of drug-likeness (QED) is 0.0392. The number of nitrogens with zero attached hydrogens (tertiary/aromatic N) is 4. The number of ether oxygens (including phenoxy) is 9. The Morgan fingerprint density at radius 1 is 0.625 bits per heavy atom. The van der Waals surface area contributed by atoms with Gasteiger partial charge in [0.05, 0.1) is 49.9 Å². The molecule has 4 N–H and O–H groups in total. The first kappa shape index (κ1) is 64.1. The highest BCUT2D eigenvalue weighted by Crippen LogP contribution is 2.45. The van der Waals surface area contributed by atoms with E-state index in [0.29, 0.717) is 59.4 Å². The maximum atomic E-state index is 14.9. The van der Waals surface area contributed by atoms with E-state index in [0.717, 1.165) is 23.2 Å². The number of carbonyl (C=O) groups excluding carboxylic acids is 7. The molecule has 4 aromatic rings. The van der Waals surface area contributed by atoms with Gasteiger partial charge in [0, 0.05) is 78.8 Å². The molecule has 25 heteroatoms. The lowest BCUT2D eigenvalue weighted by Gasteiger charge is -2.27. The van der Waals surface area contributed by atoms with E-state index >= 15 is 0 Å². The molecule has 0 aliphatic carbocycles. The van der Waals surface area contributed by atoms with Gasteiger partial charge >= 0.3 is 6.09 Å². The predicted molar refractivity (Wildman–Crippen MR) is 334 cm³/mol. The number of nitrogens with one attached hydrogen (secondary N) is 2. The van der Waals surface area contributed by atoms with Crippen LogP contribution >= 0.6 is 0 Å². The predicted octanol–water partition coefficient (Wildman–Crippen LogP) is 8.67. The van der Waals surface area contributed by atoms with Gasteiger partial charge in [0.1, 0.15) is 31.6 Å². The molecule has 470 valence electrons. The van der Waals surface area contributed by atoms with Crippen LogP contribution < -0.4 is 54.6 Å². The number of amides is 7. The van der Waals surface area contributed by atoms with Gasteiger partial charge in [-0.05, 0) is 83.6 Å². The molecule has 0 radical (unpaired) electrons. The smallest absolute Gasteiger partial charge is 0.405 e. The second-order valence-corrected chi connectivity index (χ2v) is 36.2. The van der Waals surface area contributed by atoms with Crippen molar-refractivity contribution >= 4 is 85.9 Å². The zero-order valence-electron chi connectivity index (χ0n) is 51.8. The third-order valence-electron chi connectivity index (χ3n) is 15.6. The summed E-state index contributed by atoms with van der Waals surface area (Å²) in [6.07, 6.45) is 1.88. The lowest BCUT2D eigenvalue weighted by Crippen LogP contribution is -2.49. The van der Waals surface area contributed by atoms with Gasteiger partial charge in [-0.3, -0.25) is 38.6 Å². The molecule has 4 atom stereocenters. The Morgan fingerprint density at radius 3 is 1.59 bits per heavy atom. The molecular formula is C63H79N7O16Si2. The fourth-order valence-corrected chi connectivity index (χ4v) is 12.1. The number of hydrogen-bond donors (Lipinski definition) is 3. The number of nitrogens with two attached hydrogens (primary N) is 1. The third-order valence-corrected chi connectivity index (χ3v) is 19.0. The summed E-state index contributed by atoms with van der Waals surface area (Å²) in [5.74, 6) is -0.771. The van der Waals surface area contributed by atoms with Gasteiger partial charge in [0.15, 0.2) is 40.6 Å². The zero-order valence-corrected chi connectivity index (χ0v) is 53.8. The molecule has 5 aliphatic heterocycles. The standard InChI is InChI=1S/C63H79N7O16Si2/c1-37(2)56(86-63(64)77)58(72)65-38(3)57(71)66-43-16-13-39(14-17-43)41-25-48-61(75)69(34-80-21-23-87(6,7)8)46-30-54(51(78-4)28-44(46)59(73)67(48)32-41)82-19-12-20-83-55-31-47-45(29-52(55)79-5)60(74)68-33-42(40-15-18-50-53(27-40)85-36-84-50)26-49(68)62(76)70(47)35-81-22-24-88(9,10)11/h13-18,27-33,37-38,48-49,56H,12,19-26,34-36H2,1-11H3,(H2,64,77)(H,65,72)(H,66,71)/t38-,48-,49-,56-/m0/s1. The first-order valence-corrected chi connectivity index (χ1v) is 36.9. The van der Waals surface area contributed by atoms with Crippen molar-refractivity contribution in [1.29, 1.82) is 0 Å². The summed E-state index contributed by atoms with van der Waals surface area (Å²) in [4.78, 5) is 102. The molecule has 0 spiro atoms. The van der Waals surface area contributed by atoms with Gasteiger partial charge in [-0.2, -0.15) is 0 Å². The summed E-state index contributed by atoms with van der Waals surface area (Å²) in [6.45, 7) is 19.2. The minimum Gasteiger partial charge on any atom is -0.493 e. The molecule has 7 amide bonds. The molecule has 88 heavy (non-hydrogen) atoms. The number of fused-ring (bicyclic) bond motifs is 5. The van der Waals surface area contributed by atoms with E-state index in [4.69, 9.17) is 48.4 Å². The molecule has 5 heterocycles. The monoisotopic (exact) mass is 1250 g/mol. The van der Waals surface area contributed by atoms with Crippen LogP contribution in [0.2, 0.25) is 51.4 Å². The molecule has 23 nitrogen and oxygen atoms in total. The Hall–Kier alpha value is -8.40. The first-order valence-electron chi connectivity index (χ1n) is 29.5. The number of anilines is 3. The van der Waals surface area contributed by atoms with Crippen LogP contribution in [0.4, 0.5) is 21.9 Å². The minimum atomic E-state index is -1.53. The van der Waals surface area contributed by atoms with Crippen molar-refractivity contribution < 1.29 is 76.2 Å². The van der Waals surface area contributed by atoms with Crippen molar-refractivity contribution in [3.05, 3.63) is 101 Å². The molecule has 0 unspecified atom stereocenters. The van der Waals surface area contributed by atoms with Crippen LogP contribution in [-0.4, -0.2) is 153 Å². The Kier molecular flexibility index (Phi) is 19.6. The topological polar surface area (TPSA) is 266 Å². The summed E-state index contributed by atoms with van der Waals surface area (Å²) in [5.41, 5.74) is 9.63. The fraction of sp³-hybridized carbons (Fsp3) is 0.444. The molecule has 9 rings (SSSR count). The Bertz CT molecular complexity index is 3420. The van der Waals surface area contributed by atoms with E-state index in [1.165, 1.54) is 40.7 Å². The van der Waals surface area contributed by atoms with Crippen molar-refractivity contribution in [3.63, 3.8) is 0 Å². The lowest BCUT2D eigenvalue weighted by molar-refractivity contribution is -0.134. The van der Waals surface area contributed by atoms with Crippen molar-refractivity contribution in [3.8, 4) is 34.5 Å². The number of carbonyl (C=O) groups is 7. The molecule has 0 saturated carbocycles. The van der Waals surface area contributed by atoms with Crippen LogP contribution in [-0.2, 0) is 33.4 Å². The van der Waals surface area contributed by atoms with Gasteiger partial charge in [-0.25, -0.2) is 4.79 Å². The van der Waals surface area contributed by atoms with Crippen molar-refractivity contribution in [2.45, 2.75) is 116 Å². The number of primary amides is 1. The van der Waals surface area contributed by atoms with Crippen LogP contribution in [0, 0.1) is 5.92 Å². The Morgan fingerprint density at radius 2 is 1.11 bits per heavy atom. The summed E-state index contributed by atoms with van der Waals surface area (Å²) < 4.78 is 52.9. The molecular weight excluding hydrogens is 1170 g/mol. The van der Waals surface area contributed by atoms with E-state index in [9.17, 15) is 33.6 Å². The van der Waals surface area contributed by atoms with Crippen LogP contribution in [0.25, 0.3) is 11.1 Å². The maximum Gasteiger partial charge on any atom is 0.405 e. The SMILES string of the molecule is COc1cc2c(cc1OCCCOc1cc3c(cc1OC)C(=O)N1C=C(c4ccc5c(c4)OCO5)C[C@H]1C(=O)N3COCC[Si](C)(C)C)N(COCC[Si](C)(C)C)C(=O)[C@@H]1CC(c3ccc(NC(=O)[C@H](C)NC(=O)[C@@H](OC(N)=O)C(C)C)cc3)=CN1C2=O. The maximum absolute atomic E-state index is 14.9. The average Bonchev–Trinajstić information content (AvgIpc) is 1.66. The van der Waals surface area contributed by atoms with Crippen LogP contribution in [0.1, 0.15) is 71.9 Å². The summed E-state index contributed by atoms with van der Waals surface area (Å²) in [7, 11) is -0.0821. The van der Waals surface area contributed by atoms with Gasteiger partial charge in [0.25, 0.3) is 29.5 Å². The van der Waals surface area contributed by atoms with E-state index in [-0.39, 0.29) is 98.1 Å². The second kappa shape index (κ2) is 26.9. The van der Waals surface area contributed by atoms with Crippen molar-refractivity contribution in [1.82, 2.24) is 15.1 Å². The second-order valence-electron chi connectivity index (χ2n) is 25.0. The molecule has 4 aromatic carbocycles. The van der Waals surface area contributed by atoms with E-state index in [1.54, 1.807) is 74.8 Å². The zero-order chi connectivity index (χ0) is 63.4. The van der Waals surface area contributed by atoms with Gasteiger partial charge in [-0.15, -0.1) is 0 Å². The van der Waals surface area contributed by atoms with Crippen LogP contribution in [0.5, 0.6) is 34.5 Å². The Labute approximate surface area is 514 Å². The van der Waals surface area contributed by atoms with E-state index < -0.39 is 70.1 Å². The third kappa shape index (κ3) is 14.6. The molecule has 0 bridgehead atoms. The first-order chi connectivity index (χ1) is 41.8. The number of benzene rings is 4. The number of hydrogen-bond acceptors (Lipinski definition) is 16. The molecule has 0 aromatic heterocycles. The van der Waals surface area contributed by atoms with Gasteiger partial charge in [-0.1, -0.05) is 71.3 Å². The van der Waals surface area contributed by atoms with E-state index in [2.05, 4.69) is 49.9 Å². The normalized spacial score (nSPS) is 17.7. The highest BCUT2D eigenvalue weighted by molar-refractivity contribution is 6.76. The molecule has 0 saturated heterocycles. The number of methoxy groups -OCH3 is 2. The Balaban J connectivity index is 0.903. The summed E-state index contributed by atoms with van der Waals surface area (Å²) >= 11 is 0. The van der Waals surface area contributed by atoms with Crippen LogP contribution in [0.15, 0.2) is 79.1 Å². The minimum absolute atomic E-state index is 0.0878. The highest BCUT2D eigenvalue weighted by atomic mass is 28.3. The van der Waals surface area contributed by atoms with Crippen molar-refractivity contribution in [2.24, 2.45) is 11.7 Å². The highest BCUT2D eigenvalue weighted by Gasteiger charge is 2.46. The number of rotatable bonds is 26. The fourth-order valence-electron chi connectivity index (χ4n) is 10.6. The van der Waals surface area contributed by atoms with Crippen LogP contribution in [0.3, 0.4) is 0 Å². The average molecular weight is 1250 g/mol. The lowest BCUT2D eigenvalue weighted by atomic mass is 10.0. The molecule has 5 aliphatic rings. The largest absolute Gasteiger partial charge is 0.493 e. The van der Waals surface area contributed by atoms with Gasteiger partial charge in [0.2, 0.25) is 12.7 Å².